The summed E-state index contributed by atoms with van der Waals surface area (Å²) in [4.78, 5) is 16.7. The van der Waals surface area contributed by atoms with Crippen LogP contribution in [-0.2, 0) is 0 Å². The third-order valence-electron chi connectivity index (χ3n) is 4.20. The molecule has 0 aromatic carbocycles. The Bertz CT molecular complexity index is 517. The van der Waals surface area contributed by atoms with Gasteiger partial charge in [-0.05, 0) is 36.8 Å². The van der Waals surface area contributed by atoms with Gasteiger partial charge in [-0.1, -0.05) is 6.42 Å². The zero-order valence-electron chi connectivity index (χ0n) is 10.5. The fourth-order valence-corrected chi connectivity index (χ4v) is 2.89. The Morgan fingerprint density at radius 1 is 1.32 bits per heavy atom. The van der Waals surface area contributed by atoms with Crippen LogP contribution in [-0.4, -0.2) is 29.0 Å². The SMILES string of the molecule is O=C(Nc1ccc(F)nc1F)N1CCC2(CCC2)C1. The summed E-state index contributed by atoms with van der Waals surface area (Å²) in [6.07, 6.45) is 4.59. The third-order valence-corrected chi connectivity index (χ3v) is 4.20. The van der Waals surface area contributed by atoms with Crippen LogP contribution in [0.25, 0.3) is 0 Å². The fourth-order valence-electron chi connectivity index (χ4n) is 2.89. The van der Waals surface area contributed by atoms with Crippen molar-refractivity contribution in [2.24, 2.45) is 5.41 Å². The van der Waals surface area contributed by atoms with Crippen molar-refractivity contribution >= 4 is 11.7 Å². The van der Waals surface area contributed by atoms with Crippen molar-refractivity contribution in [2.45, 2.75) is 25.7 Å². The van der Waals surface area contributed by atoms with Crippen LogP contribution in [0.2, 0.25) is 0 Å². The summed E-state index contributed by atoms with van der Waals surface area (Å²) in [7, 11) is 0. The average Bonchev–Trinajstić information content (AvgIpc) is 2.78. The minimum Gasteiger partial charge on any atom is -0.324 e. The molecule has 6 heteroatoms. The van der Waals surface area contributed by atoms with Crippen molar-refractivity contribution in [1.82, 2.24) is 9.88 Å². The van der Waals surface area contributed by atoms with Crippen molar-refractivity contribution < 1.29 is 13.6 Å². The van der Waals surface area contributed by atoms with E-state index in [1.54, 1.807) is 4.90 Å². The van der Waals surface area contributed by atoms with Crippen molar-refractivity contribution in [2.75, 3.05) is 18.4 Å². The molecular formula is C13H15F2N3O. The number of urea groups is 1. The van der Waals surface area contributed by atoms with Gasteiger partial charge in [0.05, 0.1) is 5.69 Å². The summed E-state index contributed by atoms with van der Waals surface area (Å²) >= 11 is 0. The molecule has 0 unspecified atom stereocenters. The monoisotopic (exact) mass is 267 g/mol. The molecule has 1 aromatic heterocycles. The molecule has 0 radical (unpaired) electrons. The van der Waals surface area contributed by atoms with E-state index < -0.39 is 11.9 Å². The normalized spacial score (nSPS) is 20.4. The highest BCUT2D eigenvalue weighted by atomic mass is 19.1. The van der Waals surface area contributed by atoms with Crippen LogP contribution < -0.4 is 5.32 Å². The average molecular weight is 267 g/mol. The summed E-state index contributed by atoms with van der Waals surface area (Å²) in [5, 5.41) is 2.45. The Morgan fingerprint density at radius 3 is 2.68 bits per heavy atom. The summed E-state index contributed by atoms with van der Waals surface area (Å²) < 4.78 is 26.0. The minimum atomic E-state index is -0.995. The number of amides is 2. The number of halogens is 2. The lowest BCUT2D eigenvalue weighted by Gasteiger charge is -2.37. The quantitative estimate of drug-likeness (QED) is 0.795. The largest absolute Gasteiger partial charge is 0.324 e. The van der Waals surface area contributed by atoms with E-state index in [4.69, 9.17) is 0 Å². The molecule has 1 aliphatic carbocycles. The van der Waals surface area contributed by atoms with Gasteiger partial charge in [-0.2, -0.15) is 13.8 Å². The molecule has 0 atom stereocenters. The Morgan fingerprint density at radius 2 is 2.11 bits per heavy atom. The summed E-state index contributed by atoms with van der Waals surface area (Å²) in [6.45, 7) is 1.43. The third kappa shape index (κ3) is 2.27. The molecule has 3 rings (SSSR count). The molecule has 2 aliphatic rings. The van der Waals surface area contributed by atoms with Crippen LogP contribution >= 0.6 is 0 Å². The molecule has 1 aromatic rings. The van der Waals surface area contributed by atoms with Crippen LogP contribution in [0.5, 0.6) is 0 Å². The molecule has 2 fully saturated rings. The van der Waals surface area contributed by atoms with Crippen molar-refractivity contribution in [1.29, 1.82) is 0 Å². The standard InChI is InChI=1S/C13H15F2N3O/c14-10-3-2-9(11(15)17-10)16-12(19)18-7-6-13(8-18)4-1-5-13/h2-3H,1,4-8H2,(H,16,19). The Kier molecular flexibility index (Phi) is 2.88. The van der Waals surface area contributed by atoms with Gasteiger partial charge in [0.2, 0.25) is 11.9 Å². The number of anilines is 1. The van der Waals surface area contributed by atoms with E-state index in [1.807, 2.05) is 0 Å². The maximum Gasteiger partial charge on any atom is 0.321 e. The van der Waals surface area contributed by atoms with Gasteiger partial charge < -0.3 is 10.2 Å². The van der Waals surface area contributed by atoms with Gasteiger partial charge in [0.15, 0.2) is 0 Å². The maximum atomic E-state index is 13.3. The molecule has 1 spiro atoms. The van der Waals surface area contributed by atoms with Crippen molar-refractivity contribution in [3.05, 3.63) is 24.0 Å². The van der Waals surface area contributed by atoms with E-state index in [-0.39, 0.29) is 11.7 Å². The molecule has 2 heterocycles. The minimum absolute atomic E-state index is 0.0824. The predicted octanol–water partition coefficient (Wildman–Crippen LogP) is 2.77. The van der Waals surface area contributed by atoms with E-state index in [2.05, 4.69) is 10.3 Å². The number of nitrogens with zero attached hydrogens (tertiary/aromatic N) is 2. The van der Waals surface area contributed by atoms with Crippen LogP contribution in [0, 0.1) is 17.3 Å². The van der Waals surface area contributed by atoms with Crippen LogP contribution in [0.3, 0.4) is 0 Å². The number of nitrogens with one attached hydrogen (secondary N) is 1. The topological polar surface area (TPSA) is 45.2 Å². The number of likely N-dealkylation sites (tertiary alicyclic amines) is 1. The summed E-state index contributed by atoms with van der Waals surface area (Å²) in [6, 6.07) is 1.87. The number of pyridine rings is 1. The lowest BCUT2D eigenvalue weighted by atomic mass is 9.68. The van der Waals surface area contributed by atoms with Gasteiger partial charge in [0.25, 0.3) is 0 Å². The van der Waals surface area contributed by atoms with Crippen molar-refractivity contribution in [3.63, 3.8) is 0 Å². The molecule has 4 nitrogen and oxygen atoms in total. The van der Waals surface area contributed by atoms with E-state index in [0.29, 0.717) is 12.0 Å². The Hall–Kier alpha value is -1.72. The number of carbonyl (C=O) groups excluding carboxylic acids is 1. The number of hydrogen-bond donors (Lipinski definition) is 1. The van der Waals surface area contributed by atoms with E-state index in [9.17, 15) is 13.6 Å². The zero-order valence-corrected chi connectivity index (χ0v) is 10.5. The highest BCUT2D eigenvalue weighted by Crippen LogP contribution is 2.47. The fraction of sp³-hybridized carbons (Fsp3) is 0.538. The number of aromatic nitrogens is 1. The zero-order chi connectivity index (χ0) is 13.5. The molecule has 1 aliphatic heterocycles. The first-order chi connectivity index (χ1) is 9.08. The second kappa shape index (κ2) is 4.43. The summed E-state index contributed by atoms with van der Waals surface area (Å²) in [5.41, 5.74) is 0.220. The van der Waals surface area contributed by atoms with Crippen LogP contribution in [0.4, 0.5) is 19.3 Å². The molecule has 1 saturated carbocycles. The highest BCUT2D eigenvalue weighted by Gasteiger charge is 2.44. The van der Waals surface area contributed by atoms with Gasteiger partial charge in [-0.25, -0.2) is 4.79 Å². The lowest BCUT2D eigenvalue weighted by molar-refractivity contribution is 0.144. The predicted molar refractivity (Wildman–Crippen MR) is 65.6 cm³/mol. The smallest absolute Gasteiger partial charge is 0.321 e. The van der Waals surface area contributed by atoms with Gasteiger partial charge >= 0.3 is 6.03 Å². The number of carbonyl (C=O) groups is 1. The molecule has 19 heavy (non-hydrogen) atoms. The van der Waals surface area contributed by atoms with E-state index in [0.717, 1.165) is 19.0 Å². The van der Waals surface area contributed by atoms with Crippen LogP contribution in [0.1, 0.15) is 25.7 Å². The van der Waals surface area contributed by atoms with Gasteiger partial charge in [0, 0.05) is 13.1 Å². The Balaban J connectivity index is 1.65. The first-order valence-electron chi connectivity index (χ1n) is 6.46. The highest BCUT2D eigenvalue weighted by molar-refractivity contribution is 5.89. The van der Waals surface area contributed by atoms with Gasteiger partial charge in [-0.3, -0.25) is 0 Å². The molecule has 102 valence electrons. The second-order valence-corrected chi connectivity index (χ2v) is 5.43. The van der Waals surface area contributed by atoms with Gasteiger partial charge in [0.1, 0.15) is 0 Å². The van der Waals surface area contributed by atoms with Crippen molar-refractivity contribution in [3.8, 4) is 0 Å². The molecule has 1 saturated heterocycles. The molecule has 1 N–H and O–H groups in total. The second-order valence-electron chi connectivity index (χ2n) is 5.43. The van der Waals surface area contributed by atoms with Gasteiger partial charge in [-0.15, -0.1) is 0 Å². The first kappa shape index (κ1) is 12.3. The lowest BCUT2D eigenvalue weighted by Crippen LogP contribution is -2.38. The van der Waals surface area contributed by atoms with Crippen LogP contribution in [0.15, 0.2) is 12.1 Å². The molecular weight excluding hydrogens is 252 g/mol. The molecule has 2 amide bonds. The molecule has 0 bridgehead atoms. The maximum absolute atomic E-state index is 13.3. The first-order valence-corrected chi connectivity index (χ1v) is 6.46. The number of rotatable bonds is 1. The number of hydrogen-bond acceptors (Lipinski definition) is 2. The van der Waals surface area contributed by atoms with E-state index in [1.165, 1.54) is 25.3 Å². The van der Waals surface area contributed by atoms with E-state index >= 15 is 0 Å². The Labute approximate surface area is 109 Å². The summed E-state index contributed by atoms with van der Waals surface area (Å²) in [5.74, 6) is -1.89.